The first-order chi connectivity index (χ1) is 7.54. The van der Waals surface area contributed by atoms with Crippen LogP contribution in [0.5, 0.6) is 0 Å². The molecule has 0 aliphatic carbocycles. The van der Waals surface area contributed by atoms with Gasteiger partial charge in [-0.3, -0.25) is 4.79 Å². The van der Waals surface area contributed by atoms with E-state index in [0.29, 0.717) is 29.6 Å². The first-order valence-electron chi connectivity index (χ1n) is 5.25. The van der Waals surface area contributed by atoms with Gasteiger partial charge < -0.3 is 10.6 Å². The van der Waals surface area contributed by atoms with Gasteiger partial charge in [0.15, 0.2) is 0 Å². The normalized spacial score (nSPS) is 12.2. The van der Waals surface area contributed by atoms with Crippen LogP contribution in [-0.2, 0) is 0 Å². The molecule has 0 saturated carbocycles. The Labute approximate surface area is 101 Å². The number of hydrogen-bond acceptors (Lipinski definition) is 2. The maximum atomic E-state index is 12.0. The second kappa shape index (κ2) is 5.87. The second-order valence-corrected chi connectivity index (χ2v) is 4.47. The Morgan fingerprint density at radius 3 is 2.81 bits per heavy atom. The molecule has 0 aliphatic heterocycles. The molecule has 0 radical (unpaired) electrons. The van der Waals surface area contributed by atoms with E-state index in [9.17, 15) is 4.79 Å². The van der Waals surface area contributed by atoms with Crippen molar-refractivity contribution in [2.45, 2.75) is 6.92 Å². The van der Waals surface area contributed by atoms with Crippen LogP contribution in [0.4, 0.5) is 0 Å². The van der Waals surface area contributed by atoms with Gasteiger partial charge in [0.1, 0.15) is 0 Å². The summed E-state index contributed by atoms with van der Waals surface area (Å²) in [5, 5.41) is 0.575. The molecule has 1 aromatic carbocycles. The molecular formula is C12H17ClN2O. The van der Waals surface area contributed by atoms with Crippen LogP contribution in [0.3, 0.4) is 0 Å². The Bertz CT molecular complexity index is 368. The van der Waals surface area contributed by atoms with Crippen LogP contribution in [0, 0.1) is 5.92 Å². The summed E-state index contributed by atoms with van der Waals surface area (Å²) in [7, 11) is 1.77. The lowest BCUT2D eigenvalue weighted by molar-refractivity contribution is 0.0777. The highest BCUT2D eigenvalue weighted by Crippen LogP contribution is 2.12. The van der Waals surface area contributed by atoms with Gasteiger partial charge >= 0.3 is 0 Å². The summed E-state index contributed by atoms with van der Waals surface area (Å²) >= 11 is 5.84. The average Bonchev–Trinajstić information content (AvgIpc) is 2.27. The highest BCUT2D eigenvalue weighted by Gasteiger charge is 2.13. The van der Waals surface area contributed by atoms with Gasteiger partial charge in [0.25, 0.3) is 5.91 Å². The Balaban J connectivity index is 2.70. The number of nitrogens with zero attached hydrogens (tertiary/aromatic N) is 1. The minimum Gasteiger partial charge on any atom is -0.341 e. The Morgan fingerprint density at radius 1 is 1.56 bits per heavy atom. The third-order valence-electron chi connectivity index (χ3n) is 2.41. The summed E-state index contributed by atoms with van der Waals surface area (Å²) in [4.78, 5) is 13.6. The summed E-state index contributed by atoms with van der Waals surface area (Å²) < 4.78 is 0. The monoisotopic (exact) mass is 240 g/mol. The van der Waals surface area contributed by atoms with Crippen molar-refractivity contribution >= 4 is 17.5 Å². The van der Waals surface area contributed by atoms with E-state index in [0.717, 1.165) is 0 Å². The molecule has 1 rings (SSSR count). The average molecular weight is 241 g/mol. The number of hydrogen-bond donors (Lipinski definition) is 1. The predicted molar refractivity (Wildman–Crippen MR) is 66.6 cm³/mol. The van der Waals surface area contributed by atoms with Gasteiger partial charge in [0.05, 0.1) is 0 Å². The largest absolute Gasteiger partial charge is 0.341 e. The third-order valence-corrected chi connectivity index (χ3v) is 2.64. The van der Waals surface area contributed by atoms with E-state index in [-0.39, 0.29) is 5.91 Å². The third kappa shape index (κ3) is 3.51. The number of amides is 1. The van der Waals surface area contributed by atoms with Crippen molar-refractivity contribution < 1.29 is 4.79 Å². The van der Waals surface area contributed by atoms with Crippen LogP contribution in [0.15, 0.2) is 24.3 Å². The number of carbonyl (C=O) groups is 1. The van der Waals surface area contributed by atoms with Crippen LogP contribution in [0.25, 0.3) is 0 Å². The van der Waals surface area contributed by atoms with Crippen LogP contribution < -0.4 is 5.73 Å². The minimum absolute atomic E-state index is 0.0252. The van der Waals surface area contributed by atoms with E-state index >= 15 is 0 Å². The topological polar surface area (TPSA) is 46.3 Å². The van der Waals surface area contributed by atoms with Crippen LogP contribution in [-0.4, -0.2) is 30.9 Å². The summed E-state index contributed by atoms with van der Waals surface area (Å²) in [6, 6.07) is 6.96. The number of rotatable bonds is 4. The molecule has 0 heterocycles. The SMILES string of the molecule is CC(CN)CN(C)C(=O)c1cccc(Cl)c1. The molecule has 4 heteroatoms. The van der Waals surface area contributed by atoms with Gasteiger partial charge in [-0.05, 0) is 30.7 Å². The molecule has 0 aliphatic rings. The van der Waals surface area contributed by atoms with E-state index in [2.05, 4.69) is 0 Å². The number of nitrogens with two attached hydrogens (primary N) is 1. The molecule has 1 amide bonds. The summed E-state index contributed by atoms with van der Waals surface area (Å²) in [6.07, 6.45) is 0. The quantitative estimate of drug-likeness (QED) is 0.875. The molecule has 0 bridgehead atoms. The molecule has 16 heavy (non-hydrogen) atoms. The van der Waals surface area contributed by atoms with Gasteiger partial charge in [-0.15, -0.1) is 0 Å². The smallest absolute Gasteiger partial charge is 0.253 e. The molecular weight excluding hydrogens is 224 g/mol. The van der Waals surface area contributed by atoms with E-state index < -0.39 is 0 Å². The second-order valence-electron chi connectivity index (χ2n) is 4.04. The summed E-state index contributed by atoms with van der Waals surface area (Å²) in [5.41, 5.74) is 6.13. The fraction of sp³-hybridized carbons (Fsp3) is 0.417. The van der Waals surface area contributed by atoms with Gasteiger partial charge in [-0.2, -0.15) is 0 Å². The van der Waals surface area contributed by atoms with Crippen molar-refractivity contribution in [2.75, 3.05) is 20.1 Å². The zero-order chi connectivity index (χ0) is 12.1. The zero-order valence-electron chi connectivity index (χ0n) is 9.61. The molecule has 3 nitrogen and oxygen atoms in total. The standard InChI is InChI=1S/C12H17ClN2O/c1-9(7-14)8-15(2)12(16)10-4-3-5-11(13)6-10/h3-6,9H,7-8,14H2,1-2H3. The van der Waals surface area contributed by atoms with Crippen molar-refractivity contribution in [1.82, 2.24) is 4.90 Å². The highest BCUT2D eigenvalue weighted by molar-refractivity contribution is 6.30. The molecule has 2 N–H and O–H groups in total. The van der Waals surface area contributed by atoms with E-state index in [1.54, 1.807) is 36.2 Å². The van der Waals surface area contributed by atoms with Gasteiger partial charge in [0.2, 0.25) is 0 Å². The minimum atomic E-state index is -0.0252. The van der Waals surface area contributed by atoms with Crippen molar-refractivity contribution in [2.24, 2.45) is 11.7 Å². The van der Waals surface area contributed by atoms with Gasteiger partial charge in [-0.25, -0.2) is 0 Å². The van der Waals surface area contributed by atoms with E-state index in [1.165, 1.54) is 0 Å². The fourth-order valence-electron chi connectivity index (χ4n) is 1.47. The van der Waals surface area contributed by atoms with Crippen LogP contribution in [0.2, 0.25) is 5.02 Å². The maximum absolute atomic E-state index is 12.0. The number of carbonyl (C=O) groups excluding carboxylic acids is 1. The molecule has 0 aromatic heterocycles. The lowest BCUT2D eigenvalue weighted by Crippen LogP contribution is -2.33. The molecule has 88 valence electrons. The number of halogens is 1. The number of benzene rings is 1. The van der Waals surface area contributed by atoms with Crippen LogP contribution in [0.1, 0.15) is 17.3 Å². The van der Waals surface area contributed by atoms with Crippen LogP contribution >= 0.6 is 11.6 Å². The van der Waals surface area contributed by atoms with Crippen molar-refractivity contribution in [3.8, 4) is 0 Å². The van der Waals surface area contributed by atoms with Crippen molar-refractivity contribution in [1.29, 1.82) is 0 Å². The lowest BCUT2D eigenvalue weighted by atomic mass is 10.1. The molecule has 1 unspecified atom stereocenters. The fourth-order valence-corrected chi connectivity index (χ4v) is 1.66. The van der Waals surface area contributed by atoms with E-state index in [1.807, 2.05) is 6.92 Å². The maximum Gasteiger partial charge on any atom is 0.253 e. The van der Waals surface area contributed by atoms with Gasteiger partial charge in [0, 0.05) is 24.2 Å². The summed E-state index contributed by atoms with van der Waals surface area (Å²) in [5.74, 6) is 0.274. The first-order valence-corrected chi connectivity index (χ1v) is 5.63. The lowest BCUT2D eigenvalue weighted by Gasteiger charge is -2.20. The molecule has 0 fully saturated rings. The summed E-state index contributed by atoms with van der Waals surface area (Å²) in [6.45, 7) is 3.25. The van der Waals surface area contributed by atoms with Gasteiger partial charge in [-0.1, -0.05) is 24.6 Å². The van der Waals surface area contributed by atoms with Crippen molar-refractivity contribution in [3.05, 3.63) is 34.9 Å². The molecule has 0 spiro atoms. The first kappa shape index (κ1) is 13.0. The molecule has 0 saturated heterocycles. The molecule has 1 aromatic rings. The zero-order valence-corrected chi connectivity index (χ0v) is 10.4. The molecule has 1 atom stereocenters. The van der Waals surface area contributed by atoms with E-state index in [4.69, 9.17) is 17.3 Å². The Morgan fingerprint density at radius 2 is 2.25 bits per heavy atom. The predicted octanol–water partition coefficient (Wildman–Crippen LogP) is 2.01. The van der Waals surface area contributed by atoms with Crippen molar-refractivity contribution in [3.63, 3.8) is 0 Å². The Hall–Kier alpha value is -1.06. The highest BCUT2D eigenvalue weighted by atomic mass is 35.5. The Kier molecular flexibility index (Phi) is 4.77.